The topological polar surface area (TPSA) is 117 Å². The van der Waals surface area contributed by atoms with Crippen molar-refractivity contribution in [2.24, 2.45) is 5.10 Å². The summed E-state index contributed by atoms with van der Waals surface area (Å²) in [4.78, 5) is 39.1. The highest BCUT2D eigenvalue weighted by molar-refractivity contribution is 6.03. The van der Waals surface area contributed by atoms with Crippen LogP contribution in [0.15, 0.2) is 69.3 Å². The molecule has 0 aliphatic heterocycles. The van der Waals surface area contributed by atoms with Gasteiger partial charge in [0.25, 0.3) is 11.5 Å². The van der Waals surface area contributed by atoms with Crippen LogP contribution in [0.2, 0.25) is 0 Å². The molecule has 3 aromatic rings. The van der Waals surface area contributed by atoms with E-state index in [9.17, 15) is 19.5 Å². The Labute approximate surface area is 166 Å². The number of aromatic nitrogens is 2. The van der Waals surface area contributed by atoms with Crippen molar-refractivity contribution < 1.29 is 9.90 Å². The predicted molar refractivity (Wildman–Crippen MR) is 110 cm³/mol. The van der Waals surface area contributed by atoms with Gasteiger partial charge in [0.05, 0.1) is 11.4 Å². The predicted octanol–water partition coefficient (Wildman–Crippen LogP) is 2.08. The zero-order valence-electron chi connectivity index (χ0n) is 16.0. The fourth-order valence-electron chi connectivity index (χ4n) is 2.80. The quantitative estimate of drug-likeness (QED) is 0.455. The third kappa shape index (κ3) is 4.16. The minimum atomic E-state index is -0.787. The van der Waals surface area contributed by atoms with Crippen LogP contribution in [0.5, 0.6) is 5.88 Å². The number of nitrogens with one attached hydrogen (secondary N) is 2. The summed E-state index contributed by atoms with van der Waals surface area (Å²) in [5, 5.41) is 14.7. The number of hydrazone groups is 1. The second kappa shape index (κ2) is 8.39. The van der Waals surface area contributed by atoms with E-state index in [1.165, 1.54) is 0 Å². The Bertz CT molecular complexity index is 1180. The van der Waals surface area contributed by atoms with Crippen LogP contribution in [-0.2, 0) is 0 Å². The van der Waals surface area contributed by atoms with E-state index < -0.39 is 23.0 Å². The molecule has 1 heterocycles. The Morgan fingerprint density at radius 1 is 1.10 bits per heavy atom. The molecule has 8 heteroatoms. The number of rotatable bonds is 5. The van der Waals surface area contributed by atoms with Crippen LogP contribution in [0.25, 0.3) is 5.69 Å². The minimum Gasteiger partial charge on any atom is -0.493 e. The summed E-state index contributed by atoms with van der Waals surface area (Å²) in [6, 6.07) is 15.3. The van der Waals surface area contributed by atoms with Gasteiger partial charge in [0.1, 0.15) is 5.56 Å². The number of hydrogen-bond acceptors (Lipinski definition) is 5. The number of hydrogen-bond donors (Lipinski definition) is 3. The van der Waals surface area contributed by atoms with Crippen molar-refractivity contribution in [2.75, 3.05) is 0 Å². The second-order valence-corrected chi connectivity index (χ2v) is 6.35. The average Bonchev–Trinajstić information content (AvgIpc) is 2.72. The number of amides is 1. The normalized spacial score (nSPS) is 11.3. The van der Waals surface area contributed by atoms with Gasteiger partial charge in [-0.1, -0.05) is 42.8 Å². The molecule has 1 aromatic heterocycles. The first-order valence-corrected chi connectivity index (χ1v) is 9.00. The number of aromatic amines is 1. The molecule has 2 aromatic carbocycles. The molecular weight excluding hydrogens is 372 g/mol. The summed E-state index contributed by atoms with van der Waals surface area (Å²) in [5.74, 6) is -1.00. The molecular formula is C21H20N4O4. The van der Waals surface area contributed by atoms with Gasteiger partial charge in [0.15, 0.2) is 0 Å². The van der Waals surface area contributed by atoms with Gasteiger partial charge in [-0.25, -0.2) is 14.8 Å². The SMILES string of the molecule is CC/C(=N\NC(=O)c1ccccc1)c1c(O)n(-c2ccc(C)cc2)c(=O)[nH]c1=O. The van der Waals surface area contributed by atoms with Crippen LogP contribution in [-0.4, -0.2) is 26.3 Å². The maximum absolute atomic E-state index is 12.4. The van der Waals surface area contributed by atoms with Crippen molar-refractivity contribution in [2.45, 2.75) is 20.3 Å². The number of H-pyrrole nitrogens is 1. The zero-order chi connectivity index (χ0) is 21.0. The zero-order valence-corrected chi connectivity index (χ0v) is 16.0. The highest BCUT2D eigenvalue weighted by Gasteiger charge is 2.20. The Balaban J connectivity index is 2.05. The van der Waals surface area contributed by atoms with Crippen LogP contribution >= 0.6 is 0 Å². The number of nitrogens with zero attached hydrogens (tertiary/aromatic N) is 2. The van der Waals surface area contributed by atoms with Crippen LogP contribution in [0.3, 0.4) is 0 Å². The van der Waals surface area contributed by atoms with E-state index in [1.54, 1.807) is 61.5 Å². The summed E-state index contributed by atoms with van der Waals surface area (Å²) in [7, 11) is 0. The maximum atomic E-state index is 12.4. The van der Waals surface area contributed by atoms with E-state index in [1.807, 2.05) is 6.92 Å². The maximum Gasteiger partial charge on any atom is 0.335 e. The fourth-order valence-corrected chi connectivity index (χ4v) is 2.80. The van der Waals surface area contributed by atoms with Crippen LogP contribution in [0.4, 0.5) is 0 Å². The van der Waals surface area contributed by atoms with Crippen molar-refractivity contribution in [1.29, 1.82) is 0 Å². The van der Waals surface area contributed by atoms with E-state index in [-0.39, 0.29) is 17.7 Å². The van der Waals surface area contributed by atoms with Gasteiger partial charge in [0.2, 0.25) is 5.88 Å². The number of aromatic hydroxyl groups is 1. The molecule has 3 rings (SSSR count). The molecule has 1 amide bonds. The van der Waals surface area contributed by atoms with Gasteiger partial charge in [-0.3, -0.25) is 14.6 Å². The Morgan fingerprint density at radius 3 is 2.38 bits per heavy atom. The summed E-state index contributed by atoms with van der Waals surface area (Å²) in [6.45, 7) is 3.61. The molecule has 0 aliphatic rings. The van der Waals surface area contributed by atoms with Crippen molar-refractivity contribution in [3.05, 3.63) is 92.1 Å². The van der Waals surface area contributed by atoms with E-state index in [0.29, 0.717) is 11.3 Å². The summed E-state index contributed by atoms with van der Waals surface area (Å²) >= 11 is 0. The van der Waals surface area contributed by atoms with Gasteiger partial charge >= 0.3 is 5.69 Å². The Morgan fingerprint density at radius 2 is 1.76 bits per heavy atom. The van der Waals surface area contributed by atoms with E-state index >= 15 is 0 Å². The molecule has 0 spiro atoms. The molecule has 0 fully saturated rings. The molecule has 8 nitrogen and oxygen atoms in total. The lowest BCUT2D eigenvalue weighted by Crippen LogP contribution is -2.34. The monoisotopic (exact) mass is 392 g/mol. The lowest BCUT2D eigenvalue weighted by molar-refractivity contribution is 0.0954. The lowest BCUT2D eigenvalue weighted by atomic mass is 10.1. The first-order chi connectivity index (χ1) is 13.9. The first-order valence-electron chi connectivity index (χ1n) is 9.00. The highest BCUT2D eigenvalue weighted by atomic mass is 16.3. The first kappa shape index (κ1) is 19.8. The molecule has 0 radical (unpaired) electrons. The van der Waals surface area contributed by atoms with Crippen molar-refractivity contribution >= 4 is 11.6 Å². The van der Waals surface area contributed by atoms with E-state index in [2.05, 4.69) is 15.5 Å². The molecule has 148 valence electrons. The molecule has 0 saturated carbocycles. The third-order valence-corrected chi connectivity index (χ3v) is 4.33. The summed E-state index contributed by atoms with van der Waals surface area (Å²) in [5.41, 5.74) is 2.54. The molecule has 0 unspecified atom stereocenters. The standard InChI is InChI=1S/C21H20N4O4/c1-3-16(23-24-18(26)14-7-5-4-6-8-14)17-19(27)22-21(29)25(20(17)28)15-11-9-13(2)10-12-15/h4-12,28H,3H2,1-2H3,(H,24,26)(H,22,27,29)/b23-16+. The number of aryl methyl sites for hydroxylation is 1. The number of carbonyl (C=O) groups excluding carboxylic acids is 1. The lowest BCUT2D eigenvalue weighted by Gasteiger charge is -2.12. The van der Waals surface area contributed by atoms with Crippen LogP contribution < -0.4 is 16.7 Å². The molecule has 29 heavy (non-hydrogen) atoms. The van der Waals surface area contributed by atoms with Crippen molar-refractivity contribution in [1.82, 2.24) is 15.0 Å². The summed E-state index contributed by atoms with van der Waals surface area (Å²) < 4.78 is 0.986. The van der Waals surface area contributed by atoms with Gasteiger partial charge in [-0.15, -0.1) is 0 Å². The minimum absolute atomic E-state index is 0.133. The molecule has 0 saturated heterocycles. The molecule has 0 atom stereocenters. The smallest absolute Gasteiger partial charge is 0.335 e. The van der Waals surface area contributed by atoms with Gasteiger partial charge < -0.3 is 5.11 Å². The number of carbonyl (C=O) groups is 1. The van der Waals surface area contributed by atoms with Gasteiger partial charge in [0, 0.05) is 5.56 Å². The fraction of sp³-hybridized carbons (Fsp3) is 0.143. The second-order valence-electron chi connectivity index (χ2n) is 6.35. The number of benzene rings is 2. The molecule has 0 aliphatic carbocycles. The summed E-state index contributed by atoms with van der Waals surface area (Å²) in [6.07, 6.45) is 0.234. The van der Waals surface area contributed by atoms with Crippen molar-refractivity contribution in [3.8, 4) is 11.6 Å². The van der Waals surface area contributed by atoms with Crippen LogP contribution in [0.1, 0.15) is 34.8 Å². The van der Waals surface area contributed by atoms with Crippen molar-refractivity contribution in [3.63, 3.8) is 0 Å². The Kier molecular flexibility index (Phi) is 5.73. The average molecular weight is 392 g/mol. The largest absolute Gasteiger partial charge is 0.493 e. The van der Waals surface area contributed by atoms with E-state index in [4.69, 9.17) is 0 Å². The van der Waals surface area contributed by atoms with Gasteiger partial charge in [-0.05, 0) is 37.6 Å². The third-order valence-electron chi connectivity index (χ3n) is 4.33. The Hall–Kier alpha value is -3.94. The van der Waals surface area contributed by atoms with Gasteiger partial charge in [-0.2, -0.15) is 5.10 Å². The van der Waals surface area contributed by atoms with Crippen LogP contribution in [0, 0.1) is 6.92 Å². The highest BCUT2D eigenvalue weighted by Crippen LogP contribution is 2.18. The molecule has 3 N–H and O–H groups in total. The molecule has 0 bridgehead atoms. The van der Waals surface area contributed by atoms with E-state index in [0.717, 1.165) is 10.1 Å².